The number of nitrogens with one attached hydrogen (secondary N) is 2. The number of nitrogens with zero attached hydrogens (tertiary/aromatic N) is 1. The molecular formula is C23H30FN3O5S. The van der Waals surface area contributed by atoms with E-state index in [1.54, 1.807) is 19.1 Å². The van der Waals surface area contributed by atoms with Crippen LogP contribution >= 0.6 is 0 Å². The maximum atomic E-state index is 14.0. The molecule has 2 N–H and O–H groups in total. The number of likely N-dealkylation sites (N-methyl/N-ethyl adjacent to an activating group) is 1. The molecule has 1 aliphatic rings. The molecule has 0 aliphatic carbocycles. The van der Waals surface area contributed by atoms with Gasteiger partial charge in [0.2, 0.25) is 0 Å². The Morgan fingerprint density at radius 2 is 1.94 bits per heavy atom. The number of halogens is 1. The number of hydrogen-bond donors (Lipinski definition) is 2. The van der Waals surface area contributed by atoms with Crippen LogP contribution in [0.15, 0.2) is 47.4 Å². The molecule has 0 spiro atoms. The van der Waals surface area contributed by atoms with Gasteiger partial charge in [0.15, 0.2) is 0 Å². The SMILES string of the molecule is CO[C@H]1CN(C)C(=O)c2ccc(NS(=O)(=O)c3ccccc3F)cc2OC[C@H](C)NC[C@@H]1C. The molecule has 180 valence electrons. The maximum absolute atomic E-state index is 14.0. The van der Waals surface area contributed by atoms with Gasteiger partial charge in [0.05, 0.1) is 17.4 Å². The van der Waals surface area contributed by atoms with Gasteiger partial charge < -0.3 is 19.7 Å². The van der Waals surface area contributed by atoms with Gasteiger partial charge in [0.25, 0.3) is 15.9 Å². The van der Waals surface area contributed by atoms with E-state index >= 15 is 0 Å². The molecule has 2 aromatic carbocycles. The lowest BCUT2D eigenvalue weighted by Gasteiger charge is -2.30. The van der Waals surface area contributed by atoms with E-state index in [9.17, 15) is 17.6 Å². The zero-order valence-corrected chi connectivity index (χ0v) is 20.0. The zero-order chi connectivity index (χ0) is 24.2. The fraction of sp³-hybridized carbons (Fsp3) is 0.435. The third kappa shape index (κ3) is 6.01. The Bertz CT molecular complexity index is 1100. The smallest absolute Gasteiger partial charge is 0.264 e. The Morgan fingerprint density at radius 3 is 2.64 bits per heavy atom. The topological polar surface area (TPSA) is 97.0 Å². The molecule has 0 radical (unpaired) electrons. The summed E-state index contributed by atoms with van der Waals surface area (Å²) in [6.45, 7) is 5.34. The van der Waals surface area contributed by atoms with Crippen molar-refractivity contribution in [3.05, 3.63) is 53.8 Å². The van der Waals surface area contributed by atoms with Crippen molar-refractivity contribution in [3.8, 4) is 5.75 Å². The molecule has 1 aliphatic heterocycles. The zero-order valence-electron chi connectivity index (χ0n) is 19.2. The minimum Gasteiger partial charge on any atom is -0.491 e. The van der Waals surface area contributed by atoms with Gasteiger partial charge in [-0.25, -0.2) is 12.8 Å². The van der Waals surface area contributed by atoms with Crippen molar-refractivity contribution in [3.63, 3.8) is 0 Å². The van der Waals surface area contributed by atoms with Crippen molar-refractivity contribution in [2.75, 3.05) is 38.6 Å². The van der Waals surface area contributed by atoms with Gasteiger partial charge in [-0.15, -0.1) is 0 Å². The number of rotatable bonds is 4. The summed E-state index contributed by atoms with van der Waals surface area (Å²) in [5, 5.41) is 3.39. The van der Waals surface area contributed by atoms with Gasteiger partial charge in [0, 0.05) is 39.4 Å². The second kappa shape index (κ2) is 10.5. The molecule has 2 aromatic rings. The number of benzene rings is 2. The van der Waals surface area contributed by atoms with E-state index in [4.69, 9.17) is 9.47 Å². The summed E-state index contributed by atoms with van der Waals surface area (Å²) in [5.74, 6) is -0.728. The summed E-state index contributed by atoms with van der Waals surface area (Å²) >= 11 is 0. The van der Waals surface area contributed by atoms with Gasteiger partial charge in [-0.2, -0.15) is 0 Å². The van der Waals surface area contributed by atoms with E-state index in [0.29, 0.717) is 18.7 Å². The predicted octanol–water partition coefficient (Wildman–Crippen LogP) is 2.72. The summed E-state index contributed by atoms with van der Waals surface area (Å²) in [4.78, 5) is 14.2. The molecule has 0 fully saturated rings. The standard InChI is InChI=1S/C23H30FN3O5S/c1-15-12-25-16(2)14-32-20-11-17(26-33(29,30)22-8-6-5-7-19(22)24)9-10-18(20)23(28)27(3)13-21(15)31-4/h5-11,15-16,21,25-26H,12-14H2,1-4H3/t15-,16-,21-/m0/s1. The van der Waals surface area contributed by atoms with Gasteiger partial charge in [-0.05, 0) is 37.1 Å². The van der Waals surface area contributed by atoms with Crippen molar-refractivity contribution in [2.45, 2.75) is 30.9 Å². The molecule has 3 atom stereocenters. The molecule has 0 saturated heterocycles. The van der Waals surface area contributed by atoms with Crippen LogP contribution in [0.5, 0.6) is 5.75 Å². The number of amides is 1. The van der Waals surface area contributed by atoms with Crippen LogP contribution in [0.2, 0.25) is 0 Å². The Kier molecular flexibility index (Phi) is 7.93. The average molecular weight is 480 g/mol. The van der Waals surface area contributed by atoms with Gasteiger partial charge in [-0.3, -0.25) is 9.52 Å². The van der Waals surface area contributed by atoms with E-state index in [1.807, 2.05) is 6.92 Å². The first-order valence-corrected chi connectivity index (χ1v) is 12.2. The normalized spacial score (nSPS) is 22.5. The Hall–Kier alpha value is -2.69. The second-order valence-electron chi connectivity index (χ2n) is 8.30. The van der Waals surface area contributed by atoms with Crippen molar-refractivity contribution in [1.82, 2.24) is 10.2 Å². The summed E-state index contributed by atoms with van der Waals surface area (Å²) in [6, 6.07) is 9.48. The third-order valence-corrected chi connectivity index (χ3v) is 7.02. The highest BCUT2D eigenvalue weighted by Crippen LogP contribution is 2.28. The Labute approximate surface area is 194 Å². The van der Waals surface area contributed by atoms with E-state index in [1.165, 1.54) is 36.4 Å². The van der Waals surface area contributed by atoms with E-state index in [-0.39, 0.29) is 42.0 Å². The molecule has 8 nitrogen and oxygen atoms in total. The summed E-state index contributed by atoms with van der Waals surface area (Å²) in [7, 11) is -0.860. The fourth-order valence-corrected chi connectivity index (χ4v) is 4.72. The number of carbonyl (C=O) groups excluding carboxylic acids is 1. The van der Waals surface area contributed by atoms with E-state index < -0.39 is 20.7 Å². The Morgan fingerprint density at radius 1 is 1.21 bits per heavy atom. The first-order chi connectivity index (χ1) is 15.6. The number of sulfonamides is 1. The summed E-state index contributed by atoms with van der Waals surface area (Å²) < 4.78 is 53.3. The average Bonchev–Trinajstić information content (AvgIpc) is 2.78. The first kappa shape index (κ1) is 24.9. The molecule has 33 heavy (non-hydrogen) atoms. The fourth-order valence-electron chi connectivity index (χ4n) is 3.59. The minimum absolute atomic E-state index is 0.0242. The van der Waals surface area contributed by atoms with Crippen LogP contribution in [0.1, 0.15) is 24.2 Å². The molecular weight excluding hydrogens is 449 g/mol. The lowest BCUT2D eigenvalue weighted by atomic mass is 10.0. The highest BCUT2D eigenvalue weighted by atomic mass is 32.2. The second-order valence-corrected chi connectivity index (χ2v) is 9.96. The number of ether oxygens (including phenoxy) is 2. The molecule has 0 bridgehead atoms. The molecule has 0 saturated carbocycles. The molecule has 10 heteroatoms. The summed E-state index contributed by atoms with van der Waals surface area (Å²) in [5.41, 5.74) is 0.449. The van der Waals surface area contributed by atoms with Crippen LogP contribution in [-0.2, 0) is 14.8 Å². The maximum Gasteiger partial charge on any atom is 0.264 e. The van der Waals surface area contributed by atoms with Crippen LogP contribution in [0.25, 0.3) is 0 Å². The van der Waals surface area contributed by atoms with Gasteiger partial charge in [-0.1, -0.05) is 19.1 Å². The number of anilines is 1. The first-order valence-electron chi connectivity index (χ1n) is 10.7. The lowest BCUT2D eigenvalue weighted by Crippen LogP contribution is -2.44. The van der Waals surface area contributed by atoms with Gasteiger partial charge in [0.1, 0.15) is 23.1 Å². The number of fused-ring (bicyclic) bond motifs is 1. The van der Waals surface area contributed by atoms with Crippen LogP contribution in [0, 0.1) is 11.7 Å². The molecule has 0 aromatic heterocycles. The predicted molar refractivity (Wildman–Crippen MR) is 124 cm³/mol. The number of carbonyl (C=O) groups is 1. The van der Waals surface area contributed by atoms with Crippen molar-refractivity contribution >= 4 is 21.6 Å². The largest absolute Gasteiger partial charge is 0.491 e. The third-order valence-electron chi connectivity index (χ3n) is 5.61. The monoisotopic (exact) mass is 479 g/mol. The highest BCUT2D eigenvalue weighted by Gasteiger charge is 2.26. The lowest BCUT2D eigenvalue weighted by molar-refractivity contribution is 0.0281. The van der Waals surface area contributed by atoms with E-state index in [0.717, 1.165) is 6.07 Å². The van der Waals surface area contributed by atoms with Crippen LogP contribution in [0.3, 0.4) is 0 Å². The number of methoxy groups -OCH3 is 1. The van der Waals surface area contributed by atoms with Crippen molar-refractivity contribution < 1.29 is 27.1 Å². The van der Waals surface area contributed by atoms with Gasteiger partial charge >= 0.3 is 0 Å². The molecule has 1 heterocycles. The molecule has 3 rings (SSSR count). The molecule has 1 amide bonds. The highest BCUT2D eigenvalue weighted by molar-refractivity contribution is 7.92. The molecule has 0 unspecified atom stereocenters. The van der Waals surface area contributed by atoms with Crippen LogP contribution < -0.4 is 14.8 Å². The van der Waals surface area contributed by atoms with Crippen LogP contribution in [-0.4, -0.2) is 65.2 Å². The summed E-state index contributed by atoms with van der Waals surface area (Å²) in [6.07, 6.45) is -0.158. The van der Waals surface area contributed by atoms with E-state index in [2.05, 4.69) is 17.0 Å². The van der Waals surface area contributed by atoms with Crippen molar-refractivity contribution in [1.29, 1.82) is 0 Å². The minimum atomic E-state index is -4.17. The Balaban J connectivity index is 1.93. The van der Waals surface area contributed by atoms with Crippen molar-refractivity contribution in [2.24, 2.45) is 5.92 Å². The number of hydrogen-bond acceptors (Lipinski definition) is 6. The quantitative estimate of drug-likeness (QED) is 0.700. The van der Waals surface area contributed by atoms with Crippen LogP contribution in [0.4, 0.5) is 10.1 Å².